The van der Waals surface area contributed by atoms with Crippen LogP contribution < -0.4 is 0 Å². The average molecular weight is 224 g/mol. The minimum Gasteiger partial charge on any atom is -0.370 e. The molecule has 1 unspecified atom stereocenters. The first kappa shape index (κ1) is 11.9. The summed E-state index contributed by atoms with van der Waals surface area (Å²) >= 11 is 0. The minimum absolute atomic E-state index is 0.0227. The van der Waals surface area contributed by atoms with Crippen LogP contribution in [0.3, 0.4) is 0 Å². The Kier molecular flexibility index (Phi) is 3.52. The van der Waals surface area contributed by atoms with Gasteiger partial charge in [0.1, 0.15) is 6.10 Å². The highest BCUT2D eigenvalue weighted by molar-refractivity contribution is 7.85. The summed E-state index contributed by atoms with van der Waals surface area (Å²) in [5, 5.41) is 0. The largest absolute Gasteiger partial charge is 0.370 e. The summed E-state index contributed by atoms with van der Waals surface area (Å²) in [6.07, 6.45) is 0.721. The van der Waals surface area contributed by atoms with Crippen LogP contribution in [0.1, 0.15) is 13.8 Å². The van der Waals surface area contributed by atoms with Crippen LogP contribution in [-0.4, -0.2) is 46.2 Å². The fourth-order valence-corrected chi connectivity index (χ4v) is 1.42. The smallest absolute Gasteiger partial charge is 0.264 e. The number of hydrogen-bond acceptors (Lipinski definition) is 5. The Hall–Kier alpha value is -0.170. The van der Waals surface area contributed by atoms with Gasteiger partial charge in [0, 0.05) is 0 Å². The van der Waals surface area contributed by atoms with E-state index in [1.54, 1.807) is 0 Å². The van der Waals surface area contributed by atoms with Crippen LogP contribution in [0.4, 0.5) is 0 Å². The number of ether oxygens (including phenoxy) is 2. The van der Waals surface area contributed by atoms with E-state index in [1.165, 1.54) is 0 Å². The van der Waals surface area contributed by atoms with Gasteiger partial charge in [-0.2, -0.15) is 8.42 Å². The highest BCUT2D eigenvalue weighted by atomic mass is 32.2. The molecule has 0 aliphatic carbocycles. The van der Waals surface area contributed by atoms with Crippen molar-refractivity contribution in [1.82, 2.24) is 0 Å². The lowest BCUT2D eigenvalue weighted by molar-refractivity contribution is -0.180. The Bertz CT molecular complexity index is 272. The normalized spacial score (nSPS) is 27.5. The van der Waals surface area contributed by atoms with Gasteiger partial charge in [-0.15, -0.1) is 0 Å². The van der Waals surface area contributed by atoms with Crippen molar-refractivity contribution in [3.8, 4) is 0 Å². The van der Waals surface area contributed by atoms with E-state index in [2.05, 4.69) is 4.18 Å². The van der Waals surface area contributed by atoms with E-state index in [0.717, 1.165) is 6.26 Å². The Morgan fingerprint density at radius 2 is 2.14 bits per heavy atom. The first-order chi connectivity index (χ1) is 6.29. The monoisotopic (exact) mass is 224 g/mol. The molecule has 1 aliphatic rings. The van der Waals surface area contributed by atoms with Crippen molar-refractivity contribution in [1.29, 1.82) is 0 Å². The van der Waals surface area contributed by atoms with E-state index < -0.39 is 10.1 Å². The maximum absolute atomic E-state index is 10.7. The molecule has 1 fully saturated rings. The zero-order chi connectivity index (χ0) is 10.8. The SMILES string of the molecule is CC1(C)COC(COS(C)(=O)=O)CO1. The van der Waals surface area contributed by atoms with Crippen molar-refractivity contribution in [3.05, 3.63) is 0 Å². The maximum Gasteiger partial charge on any atom is 0.264 e. The van der Waals surface area contributed by atoms with Crippen LogP contribution >= 0.6 is 0 Å². The molecule has 0 aromatic heterocycles. The van der Waals surface area contributed by atoms with Crippen LogP contribution in [0, 0.1) is 0 Å². The molecule has 1 aliphatic heterocycles. The van der Waals surface area contributed by atoms with Gasteiger partial charge in [0.15, 0.2) is 0 Å². The molecule has 6 heteroatoms. The van der Waals surface area contributed by atoms with E-state index in [9.17, 15) is 8.42 Å². The lowest BCUT2D eigenvalue weighted by Crippen LogP contribution is -2.44. The van der Waals surface area contributed by atoms with E-state index >= 15 is 0 Å². The van der Waals surface area contributed by atoms with Crippen molar-refractivity contribution in [2.24, 2.45) is 0 Å². The second-order valence-corrected chi connectivity index (χ2v) is 5.64. The zero-order valence-corrected chi connectivity index (χ0v) is 9.46. The lowest BCUT2D eigenvalue weighted by atomic mass is 10.1. The standard InChI is InChI=1S/C8H16O5S/c1-8(2)6-11-7(4-12-8)5-13-14(3,9)10/h7H,4-6H2,1-3H3. The Balaban J connectivity index is 2.30. The maximum atomic E-state index is 10.7. The topological polar surface area (TPSA) is 61.8 Å². The fraction of sp³-hybridized carbons (Fsp3) is 1.00. The van der Waals surface area contributed by atoms with Gasteiger partial charge in [0.25, 0.3) is 10.1 Å². The van der Waals surface area contributed by atoms with Crippen molar-refractivity contribution in [2.75, 3.05) is 26.1 Å². The zero-order valence-electron chi connectivity index (χ0n) is 8.65. The summed E-state index contributed by atoms with van der Waals surface area (Å²) in [6.45, 7) is 4.67. The third kappa shape index (κ3) is 4.36. The molecule has 0 bridgehead atoms. The predicted molar refractivity (Wildman–Crippen MR) is 50.6 cm³/mol. The molecular weight excluding hydrogens is 208 g/mol. The molecule has 1 rings (SSSR count). The second-order valence-electron chi connectivity index (χ2n) is 3.99. The van der Waals surface area contributed by atoms with Gasteiger partial charge < -0.3 is 9.47 Å². The molecule has 0 radical (unpaired) electrons. The van der Waals surface area contributed by atoms with Gasteiger partial charge in [0.05, 0.1) is 31.7 Å². The van der Waals surface area contributed by atoms with Crippen molar-refractivity contribution >= 4 is 10.1 Å². The molecule has 0 aromatic carbocycles. The second kappa shape index (κ2) is 4.14. The minimum atomic E-state index is -3.39. The summed E-state index contributed by atoms with van der Waals surface area (Å²) in [6, 6.07) is 0. The first-order valence-corrected chi connectivity index (χ1v) is 6.20. The summed E-state index contributed by atoms with van der Waals surface area (Å²) < 4.78 is 36.8. The fourth-order valence-electron chi connectivity index (χ4n) is 1.02. The van der Waals surface area contributed by atoms with Crippen LogP contribution in [0.2, 0.25) is 0 Å². The molecule has 1 heterocycles. The molecule has 1 saturated heterocycles. The highest BCUT2D eigenvalue weighted by Gasteiger charge is 2.28. The molecule has 0 amide bonds. The third-order valence-electron chi connectivity index (χ3n) is 1.79. The molecule has 0 aromatic rings. The van der Waals surface area contributed by atoms with Gasteiger partial charge in [-0.05, 0) is 13.8 Å². The van der Waals surface area contributed by atoms with Gasteiger partial charge in [0.2, 0.25) is 0 Å². The van der Waals surface area contributed by atoms with Gasteiger partial charge in [-0.3, -0.25) is 4.18 Å². The van der Waals surface area contributed by atoms with Crippen LogP contribution in [0.25, 0.3) is 0 Å². The molecule has 5 nitrogen and oxygen atoms in total. The quantitative estimate of drug-likeness (QED) is 0.639. The van der Waals surface area contributed by atoms with Gasteiger partial charge in [-0.25, -0.2) is 0 Å². The molecule has 84 valence electrons. The van der Waals surface area contributed by atoms with Crippen LogP contribution in [-0.2, 0) is 23.8 Å². The molecule has 14 heavy (non-hydrogen) atoms. The predicted octanol–water partition coefficient (Wildman–Crippen LogP) is 0.157. The molecule has 0 spiro atoms. The van der Waals surface area contributed by atoms with Crippen molar-refractivity contribution < 1.29 is 22.1 Å². The van der Waals surface area contributed by atoms with Crippen LogP contribution in [0.5, 0.6) is 0 Å². The Labute approximate surface area is 84.5 Å². The summed E-state index contributed by atoms with van der Waals surface area (Å²) in [5.74, 6) is 0. The number of hydrogen-bond donors (Lipinski definition) is 0. The Morgan fingerprint density at radius 3 is 2.57 bits per heavy atom. The highest BCUT2D eigenvalue weighted by Crippen LogP contribution is 2.17. The third-order valence-corrected chi connectivity index (χ3v) is 2.36. The average Bonchev–Trinajstić information content (AvgIpc) is 2.01. The molecule has 0 saturated carbocycles. The molecular formula is C8H16O5S. The lowest BCUT2D eigenvalue weighted by Gasteiger charge is -2.34. The van der Waals surface area contributed by atoms with Crippen molar-refractivity contribution in [3.63, 3.8) is 0 Å². The van der Waals surface area contributed by atoms with Crippen molar-refractivity contribution in [2.45, 2.75) is 25.6 Å². The molecule has 0 N–H and O–H groups in total. The first-order valence-electron chi connectivity index (χ1n) is 4.38. The summed E-state index contributed by atoms with van der Waals surface area (Å²) in [7, 11) is -3.39. The number of rotatable bonds is 3. The van der Waals surface area contributed by atoms with E-state index in [4.69, 9.17) is 9.47 Å². The Morgan fingerprint density at radius 1 is 1.50 bits per heavy atom. The summed E-state index contributed by atoms with van der Waals surface area (Å²) in [4.78, 5) is 0. The van der Waals surface area contributed by atoms with Gasteiger partial charge >= 0.3 is 0 Å². The van der Waals surface area contributed by atoms with Crippen LogP contribution in [0.15, 0.2) is 0 Å². The van der Waals surface area contributed by atoms with E-state index in [-0.39, 0.29) is 18.3 Å². The van der Waals surface area contributed by atoms with E-state index in [1.807, 2.05) is 13.8 Å². The summed E-state index contributed by atoms with van der Waals surface area (Å²) in [5.41, 5.74) is -0.290. The van der Waals surface area contributed by atoms with Gasteiger partial charge in [-0.1, -0.05) is 0 Å². The molecule has 1 atom stereocenters. The van der Waals surface area contributed by atoms with E-state index in [0.29, 0.717) is 13.2 Å².